The molecule has 9 atom stereocenters. The summed E-state index contributed by atoms with van der Waals surface area (Å²) in [4.78, 5) is 59.7. The number of aliphatic hydroxyl groups excluding tert-OH is 2. The predicted octanol–water partition coefficient (Wildman–Crippen LogP) is 6.01. The van der Waals surface area contributed by atoms with Gasteiger partial charge in [-0.1, -0.05) is 45.9 Å². The van der Waals surface area contributed by atoms with Gasteiger partial charge < -0.3 is 48.7 Å². The zero-order chi connectivity index (χ0) is 43.2. The molecule has 2 aliphatic rings. The van der Waals surface area contributed by atoms with E-state index in [1.165, 1.54) is 60.3 Å². The third-order valence-electron chi connectivity index (χ3n) is 11.5. The van der Waals surface area contributed by atoms with E-state index in [4.69, 9.17) is 33.1 Å². The number of anilines is 1. The van der Waals surface area contributed by atoms with Crippen LogP contribution in [0.2, 0.25) is 0 Å². The van der Waals surface area contributed by atoms with Crippen LogP contribution in [0.15, 0.2) is 63.6 Å². The number of methoxy groups -OCH3 is 2. The lowest BCUT2D eigenvalue weighted by Crippen LogP contribution is -2.46. The highest BCUT2D eigenvalue weighted by atomic mass is 16.7. The van der Waals surface area contributed by atoms with Crippen LogP contribution in [0, 0.1) is 30.6 Å². The number of phenolic OH excluding ortho intramolecular Hbond substituents is 1. The average molecular weight is 815 g/mol. The number of allylic oxidation sites excluding steroid dienone is 2. The molecule has 314 valence electrons. The van der Waals surface area contributed by atoms with Gasteiger partial charge in [0.05, 0.1) is 42.6 Å². The fourth-order valence-electron chi connectivity index (χ4n) is 7.91. The fourth-order valence-corrected chi connectivity index (χ4v) is 7.91. The number of rotatable bonds is 3. The number of phenols is 1. The third-order valence-corrected chi connectivity index (χ3v) is 11.5. The first-order valence-corrected chi connectivity index (χ1v) is 19.3. The van der Waals surface area contributed by atoms with E-state index in [0.717, 1.165) is 0 Å². The molecule has 3 heterocycles. The minimum atomic E-state index is -2.04. The molecule has 1 aromatic heterocycles. The van der Waals surface area contributed by atoms with Gasteiger partial charge in [0.25, 0.3) is 11.7 Å². The number of fused-ring (bicyclic) bond motifs is 5. The Balaban J connectivity index is 1.59. The van der Waals surface area contributed by atoms with E-state index in [-0.39, 0.29) is 55.6 Å². The van der Waals surface area contributed by atoms with Gasteiger partial charge in [0.2, 0.25) is 0 Å². The Morgan fingerprint density at radius 2 is 1.68 bits per heavy atom. The minimum Gasteiger partial charge on any atom is -0.505 e. The summed E-state index contributed by atoms with van der Waals surface area (Å²) in [5.74, 6) is -6.81. The monoisotopic (exact) mass is 814 g/mol. The quantitative estimate of drug-likeness (QED) is 0.0808. The molecule has 3 aromatic carbocycles. The molecule has 2 aliphatic heterocycles. The molecule has 0 unspecified atom stereocenters. The molecule has 0 fully saturated rings. The van der Waals surface area contributed by atoms with Crippen molar-refractivity contribution in [2.24, 2.45) is 23.7 Å². The number of nitrogens with one attached hydrogen (secondary N) is 1. The van der Waals surface area contributed by atoms with Gasteiger partial charge in [0.1, 0.15) is 34.3 Å². The molecule has 4 N–H and O–H groups in total. The average Bonchev–Trinajstić information content (AvgIpc) is 3.47. The number of benzene rings is 3. The number of esters is 1. The van der Waals surface area contributed by atoms with Gasteiger partial charge in [-0.3, -0.25) is 19.2 Å². The highest BCUT2D eigenvalue weighted by Crippen LogP contribution is 2.48. The molecule has 0 radical (unpaired) electrons. The maximum absolute atomic E-state index is 14.6. The lowest BCUT2D eigenvalue weighted by molar-refractivity contribution is -0.160. The minimum absolute atomic E-state index is 0.0102. The first kappa shape index (κ1) is 42.8. The van der Waals surface area contributed by atoms with Crippen molar-refractivity contribution < 1.29 is 57.8 Å². The van der Waals surface area contributed by atoms with Crippen molar-refractivity contribution in [2.45, 2.75) is 85.6 Å². The molecule has 0 spiro atoms. The lowest BCUT2D eigenvalue weighted by atomic mass is 9.78. The summed E-state index contributed by atoms with van der Waals surface area (Å²) in [6, 6.07) is 4.83. The van der Waals surface area contributed by atoms with E-state index in [1.54, 1.807) is 58.0 Å². The number of hydrogen-bond acceptors (Lipinski definition) is 14. The van der Waals surface area contributed by atoms with Gasteiger partial charge in [0.15, 0.2) is 22.3 Å². The number of aliphatic hydroxyl groups is 2. The van der Waals surface area contributed by atoms with Crippen molar-refractivity contribution in [3.63, 3.8) is 0 Å². The summed E-state index contributed by atoms with van der Waals surface area (Å²) in [6.45, 7) is 12.5. The molecule has 15 nitrogen and oxygen atoms in total. The number of carbonyl (C=O) groups excluding carboxylic acids is 3. The summed E-state index contributed by atoms with van der Waals surface area (Å²) in [5, 5.41) is 37.1. The molecule has 4 aromatic rings. The van der Waals surface area contributed by atoms with Crippen molar-refractivity contribution in [3.8, 4) is 17.2 Å². The molecule has 5 bridgehead atoms. The normalized spacial score (nSPS) is 30.1. The fraction of sp³-hybridized carbons (Fsp3) is 0.432. The van der Waals surface area contributed by atoms with Crippen LogP contribution in [0.1, 0.15) is 64.4 Å². The van der Waals surface area contributed by atoms with Gasteiger partial charge in [-0.05, 0) is 32.1 Å². The largest absolute Gasteiger partial charge is 0.505 e. The van der Waals surface area contributed by atoms with Crippen molar-refractivity contribution in [1.82, 2.24) is 4.98 Å². The molecule has 6 rings (SSSR count). The number of carbonyl (C=O) groups is 3. The van der Waals surface area contributed by atoms with Crippen molar-refractivity contribution in [3.05, 3.63) is 75.7 Å². The molecule has 15 heteroatoms. The number of amides is 1. The summed E-state index contributed by atoms with van der Waals surface area (Å²) in [7, 11) is 2.91. The molecular formula is C44H50N2O13. The van der Waals surface area contributed by atoms with Gasteiger partial charge in [-0.25, -0.2) is 4.98 Å². The summed E-state index contributed by atoms with van der Waals surface area (Å²) in [5.41, 5.74) is -0.546. The second kappa shape index (κ2) is 16.5. The van der Waals surface area contributed by atoms with E-state index in [0.29, 0.717) is 11.3 Å². The first-order valence-electron chi connectivity index (χ1n) is 19.3. The van der Waals surface area contributed by atoms with E-state index < -0.39 is 82.7 Å². The molecule has 0 aliphatic carbocycles. The van der Waals surface area contributed by atoms with Gasteiger partial charge in [-0.2, -0.15) is 0 Å². The number of ketones is 1. The Morgan fingerprint density at radius 1 is 0.966 bits per heavy atom. The summed E-state index contributed by atoms with van der Waals surface area (Å²) < 4.78 is 35.4. The molecule has 1 amide bonds. The van der Waals surface area contributed by atoms with Gasteiger partial charge in [0, 0.05) is 67.2 Å². The van der Waals surface area contributed by atoms with Crippen molar-refractivity contribution in [1.29, 1.82) is 0 Å². The molecule has 59 heavy (non-hydrogen) atoms. The Morgan fingerprint density at radius 3 is 2.34 bits per heavy atom. The number of Topliss-reactive ketones (excluding diaryl/α,β-unsaturated/α-hetero) is 1. The zero-order valence-corrected chi connectivity index (χ0v) is 34.6. The number of ether oxygens (including phenoxy) is 5. The third kappa shape index (κ3) is 7.65. The first-order chi connectivity index (χ1) is 27.8. The molecule has 0 saturated heterocycles. The highest BCUT2D eigenvalue weighted by molar-refractivity contribution is 6.26. The van der Waals surface area contributed by atoms with Crippen LogP contribution in [0.3, 0.4) is 0 Å². The smallest absolute Gasteiger partial charge is 0.312 e. The van der Waals surface area contributed by atoms with Crippen LogP contribution in [-0.2, 0) is 23.8 Å². The second-order valence-corrected chi connectivity index (χ2v) is 15.6. The van der Waals surface area contributed by atoms with Gasteiger partial charge in [-0.15, -0.1) is 0 Å². The van der Waals surface area contributed by atoms with Crippen molar-refractivity contribution in [2.75, 3.05) is 19.5 Å². The maximum atomic E-state index is 14.6. The topological polar surface area (TPSA) is 213 Å². The Bertz CT molecular complexity index is 2500. The lowest BCUT2D eigenvalue weighted by Gasteiger charge is -2.38. The highest BCUT2D eigenvalue weighted by Gasteiger charge is 2.49. The van der Waals surface area contributed by atoms with Crippen LogP contribution in [-0.4, -0.2) is 82.4 Å². The number of hydrogen-bond donors (Lipinski definition) is 4. The Hall–Kier alpha value is -5.77. The van der Waals surface area contributed by atoms with Crippen LogP contribution >= 0.6 is 0 Å². The Kier molecular flexibility index (Phi) is 12.0. The van der Waals surface area contributed by atoms with Crippen LogP contribution < -0.4 is 20.2 Å². The standard InChI is InChI=1S/C44H50N2O13/c1-19-12-11-13-20(2)43(53)46-34-38(51)31-30(33-41(34)58-29-18-26(54-9)14-15-27(29)45-33)32-40(24(6)37(31)50)59-44(8,42(32)52)56-17-16-28(55-10)21(3)39(57-25(7)47)23(5)36(49)22(4)35(19)48/h11-19,21-23,28,35-36,39,48-49,51H,1-10H3,(H,46,53)/b12-11+,17-16+,20-13-/t19-,21+,22+,23+,28-,35-,36+,39+,44-/m0/s1. The summed E-state index contributed by atoms with van der Waals surface area (Å²) >= 11 is 0. The van der Waals surface area contributed by atoms with Crippen LogP contribution in [0.5, 0.6) is 17.2 Å². The molecular weight excluding hydrogens is 764 g/mol. The van der Waals surface area contributed by atoms with E-state index in [2.05, 4.69) is 5.32 Å². The number of aromatic nitrogens is 1. The second-order valence-electron chi connectivity index (χ2n) is 15.6. The van der Waals surface area contributed by atoms with Crippen LogP contribution in [0.4, 0.5) is 5.69 Å². The van der Waals surface area contributed by atoms with Gasteiger partial charge >= 0.3 is 11.8 Å². The van der Waals surface area contributed by atoms with E-state index >= 15 is 0 Å². The van der Waals surface area contributed by atoms with E-state index in [9.17, 15) is 34.5 Å². The van der Waals surface area contributed by atoms with Crippen molar-refractivity contribution >= 4 is 56.3 Å². The number of nitrogens with zero attached hydrogens (tertiary/aromatic N) is 1. The predicted molar refractivity (Wildman–Crippen MR) is 218 cm³/mol. The number of aromatic hydroxyl groups is 1. The molecule has 0 saturated carbocycles. The van der Waals surface area contributed by atoms with E-state index in [1.807, 2.05) is 0 Å². The Labute approximate surface area is 340 Å². The SMILES string of the molecule is COc1ccc2nc3c(oc2c1)c1c(O)c2c(=O)c(C)c4c(c23)C(=O)[C@@](C)(O/C=C/[C@H](OC)[C@@H](C)[C@@H](OC(C)=O)[C@H](C)[C@H](O)[C@H](C)[C@@H](O)[C@@H](C)/C=C/C=C(/C)C(=O)N1)O4. The summed E-state index contributed by atoms with van der Waals surface area (Å²) in [6.07, 6.45) is 3.59. The van der Waals surface area contributed by atoms with Crippen LogP contribution in [0.25, 0.3) is 33.0 Å². The zero-order valence-electron chi connectivity index (χ0n) is 34.6. The maximum Gasteiger partial charge on any atom is 0.312 e.